The predicted octanol–water partition coefficient (Wildman–Crippen LogP) is 5.10. The van der Waals surface area contributed by atoms with Crippen molar-refractivity contribution in [3.05, 3.63) is 41.6 Å². The smallest absolute Gasteiger partial charge is 0.404 e. The van der Waals surface area contributed by atoms with Crippen LogP contribution >= 0.6 is 0 Å². The average molecular weight is 507 g/mol. The van der Waals surface area contributed by atoms with Crippen LogP contribution in [0.2, 0.25) is 0 Å². The number of sulfonamides is 1. The number of pyridine rings is 1. The Labute approximate surface area is 201 Å². The summed E-state index contributed by atoms with van der Waals surface area (Å²) in [4.78, 5) is 3.88. The molecule has 0 amide bonds. The van der Waals surface area contributed by atoms with E-state index in [1.807, 2.05) is 19.1 Å². The summed E-state index contributed by atoms with van der Waals surface area (Å²) in [6.07, 6.45) is -0.0445. The molecular formula is C24H25F3N4O3S. The first-order valence-corrected chi connectivity index (χ1v) is 12.7. The lowest BCUT2D eigenvalue weighted by Gasteiger charge is -2.30. The van der Waals surface area contributed by atoms with Gasteiger partial charge in [-0.3, -0.25) is 4.98 Å². The zero-order chi connectivity index (χ0) is 25.5. The Balaban J connectivity index is 1.87. The van der Waals surface area contributed by atoms with Gasteiger partial charge >= 0.3 is 6.18 Å². The number of hydrogen-bond donors (Lipinski definition) is 1. The Morgan fingerprint density at radius 1 is 1.31 bits per heavy atom. The third-order valence-corrected chi connectivity index (χ3v) is 7.95. The van der Waals surface area contributed by atoms with E-state index in [9.17, 15) is 26.9 Å². The molecule has 0 bridgehead atoms. The number of ether oxygens (including phenoxy) is 1. The van der Waals surface area contributed by atoms with Gasteiger partial charge in [-0.15, -0.1) is 0 Å². The van der Waals surface area contributed by atoms with Crippen molar-refractivity contribution < 1.29 is 26.3 Å². The normalized spacial score (nSPS) is 15.6. The average Bonchev–Trinajstić information content (AvgIpc) is 3.10. The van der Waals surface area contributed by atoms with E-state index in [-0.39, 0.29) is 6.04 Å². The van der Waals surface area contributed by atoms with Crippen LogP contribution in [0.1, 0.15) is 50.3 Å². The number of hydrogen-bond acceptors (Lipinski definition) is 5. The Morgan fingerprint density at radius 3 is 2.51 bits per heavy atom. The molecule has 3 aromatic rings. The Morgan fingerprint density at radius 2 is 2.03 bits per heavy atom. The van der Waals surface area contributed by atoms with Gasteiger partial charge in [0.25, 0.3) is 0 Å². The SMILES string of the molecule is CCc1cc(OC)c2c(C#N)c(-c3ccc(S(=O)(=O)N[C@@H](C)C(F)(F)F)cn3)n(C3CCC3)c2c1. The van der Waals surface area contributed by atoms with E-state index in [1.165, 1.54) is 12.1 Å². The molecule has 0 aliphatic heterocycles. The van der Waals surface area contributed by atoms with Crippen LogP contribution in [0, 0.1) is 11.3 Å². The van der Waals surface area contributed by atoms with Crippen LogP contribution in [0.25, 0.3) is 22.3 Å². The Kier molecular flexibility index (Phi) is 6.55. The first-order valence-electron chi connectivity index (χ1n) is 11.2. The number of methoxy groups -OCH3 is 1. The second-order valence-electron chi connectivity index (χ2n) is 8.60. The van der Waals surface area contributed by atoms with Gasteiger partial charge in [0.1, 0.15) is 22.8 Å². The molecule has 1 aliphatic rings. The van der Waals surface area contributed by atoms with Crippen LogP contribution in [-0.4, -0.2) is 37.3 Å². The number of fused-ring (bicyclic) bond motifs is 1. The van der Waals surface area contributed by atoms with Gasteiger partial charge < -0.3 is 9.30 Å². The number of alkyl halides is 3. The van der Waals surface area contributed by atoms with E-state index in [0.29, 0.717) is 28.1 Å². The van der Waals surface area contributed by atoms with Crippen molar-refractivity contribution in [2.75, 3.05) is 7.11 Å². The number of halogens is 3. The van der Waals surface area contributed by atoms with Crippen molar-refractivity contribution in [1.82, 2.24) is 14.3 Å². The molecule has 186 valence electrons. The van der Waals surface area contributed by atoms with Gasteiger partial charge in [0.15, 0.2) is 0 Å². The summed E-state index contributed by atoms with van der Waals surface area (Å²) in [6.45, 7) is 2.76. The number of aryl methyl sites for hydroxylation is 1. The fourth-order valence-electron chi connectivity index (χ4n) is 4.25. The summed E-state index contributed by atoms with van der Waals surface area (Å²) in [7, 11) is -2.90. The molecule has 35 heavy (non-hydrogen) atoms. The molecule has 1 aliphatic carbocycles. The molecule has 1 atom stereocenters. The standard InChI is InChI=1S/C24H25F3N4O3S/c1-4-15-10-20-22(21(11-15)34-3)18(12-28)23(31(20)16-6-5-7-16)19-9-8-17(13-29-19)35(32,33)30-14(2)24(25,26)27/h8-11,13-14,16,30H,4-7H2,1-3H3/t14-/m0/s1. The summed E-state index contributed by atoms with van der Waals surface area (Å²) in [5.41, 5.74) is 3.14. The molecular weight excluding hydrogens is 481 g/mol. The molecule has 1 saturated carbocycles. The van der Waals surface area contributed by atoms with Gasteiger partial charge in [-0.1, -0.05) is 6.92 Å². The fourth-order valence-corrected chi connectivity index (χ4v) is 5.43. The maximum absolute atomic E-state index is 12.9. The molecule has 4 rings (SSSR count). The topological polar surface area (TPSA) is 97.0 Å². The van der Waals surface area contributed by atoms with Gasteiger partial charge in [0.2, 0.25) is 10.0 Å². The lowest BCUT2D eigenvalue weighted by atomic mass is 9.92. The first kappa shape index (κ1) is 25.0. The van der Waals surface area contributed by atoms with Crippen molar-refractivity contribution in [2.24, 2.45) is 0 Å². The van der Waals surface area contributed by atoms with Crippen LogP contribution in [0.4, 0.5) is 13.2 Å². The van der Waals surface area contributed by atoms with Crippen molar-refractivity contribution in [3.63, 3.8) is 0 Å². The molecule has 0 saturated heterocycles. The number of nitriles is 1. The van der Waals surface area contributed by atoms with Gasteiger partial charge in [-0.25, -0.2) is 8.42 Å². The number of rotatable bonds is 7. The quantitative estimate of drug-likeness (QED) is 0.481. The Hall–Kier alpha value is -3.10. The lowest BCUT2D eigenvalue weighted by molar-refractivity contribution is -0.147. The highest BCUT2D eigenvalue weighted by atomic mass is 32.2. The van der Waals surface area contributed by atoms with E-state index < -0.39 is 27.1 Å². The van der Waals surface area contributed by atoms with Gasteiger partial charge in [0.05, 0.1) is 35.0 Å². The highest BCUT2D eigenvalue weighted by molar-refractivity contribution is 7.89. The minimum absolute atomic E-state index is 0.144. The molecule has 2 aromatic heterocycles. The summed E-state index contributed by atoms with van der Waals surface area (Å²) in [6, 6.07) is 6.71. The minimum atomic E-state index is -4.72. The third kappa shape index (κ3) is 4.48. The number of aromatic nitrogens is 2. The molecule has 0 radical (unpaired) electrons. The summed E-state index contributed by atoms with van der Waals surface area (Å²) >= 11 is 0. The number of nitrogens with zero attached hydrogens (tertiary/aromatic N) is 3. The molecule has 2 heterocycles. The van der Waals surface area contributed by atoms with Crippen molar-refractivity contribution in [2.45, 2.75) is 62.7 Å². The number of nitrogens with one attached hydrogen (secondary N) is 1. The lowest BCUT2D eigenvalue weighted by Crippen LogP contribution is -2.42. The summed E-state index contributed by atoms with van der Waals surface area (Å²) < 4.78 is 72.8. The first-order chi connectivity index (χ1) is 16.5. The van der Waals surface area contributed by atoms with Gasteiger partial charge in [-0.2, -0.15) is 23.2 Å². The van der Waals surface area contributed by atoms with E-state index in [2.05, 4.69) is 15.6 Å². The van der Waals surface area contributed by atoms with Crippen molar-refractivity contribution >= 4 is 20.9 Å². The molecule has 1 aromatic carbocycles. The van der Waals surface area contributed by atoms with Gasteiger partial charge in [0, 0.05) is 12.2 Å². The molecule has 7 nitrogen and oxygen atoms in total. The van der Waals surface area contributed by atoms with Crippen LogP contribution < -0.4 is 9.46 Å². The van der Waals surface area contributed by atoms with Crippen LogP contribution in [0.3, 0.4) is 0 Å². The fraction of sp³-hybridized carbons (Fsp3) is 0.417. The molecule has 1 fully saturated rings. The van der Waals surface area contributed by atoms with E-state index in [0.717, 1.165) is 49.9 Å². The second-order valence-corrected chi connectivity index (χ2v) is 10.3. The minimum Gasteiger partial charge on any atom is -0.496 e. The summed E-state index contributed by atoms with van der Waals surface area (Å²) in [5.74, 6) is 0.569. The monoisotopic (exact) mass is 506 g/mol. The predicted molar refractivity (Wildman–Crippen MR) is 125 cm³/mol. The Bertz CT molecular complexity index is 1400. The third-order valence-electron chi connectivity index (χ3n) is 6.42. The maximum atomic E-state index is 12.9. The van der Waals surface area contributed by atoms with E-state index >= 15 is 0 Å². The largest absolute Gasteiger partial charge is 0.496 e. The van der Waals surface area contributed by atoms with E-state index in [4.69, 9.17) is 4.74 Å². The van der Waals surface area contributed by atoms with Crippen LogP contribution in [0.15, 0.2) is 35.4 Å². The van der Waals surface area contributed by atoms with E-state index in [1.54, 1.807) is 11.8 Å². The highest BCUT2D eigenvalue weighted by Crippen LogP contribution is 2.45. The zero-order valence-electron chi connectivity index (χ0n) is 19.5. The highest BCUT2D eigenvalue weighted by Gasteiger charge is 2.39. The summed E-state index contributed by atoms with van der Waals surface area (Å²) in [5, 5.41) is 10.8. The van der Waals surface area contributed by atoms with Crippen LogP contribution in [-0.2, 0) is 16.4 Å². The second kappa shape index (κ2) is 9.17. The zero-order valence-corrected chi connectivity index (χ0v) is 20.3. The van der Waals surface area contributed by atoms with Crippen molar-refractivity contribution in [3.8, 4) is 23.2 Å². The molecule has 1 N–H and O–H groups in total. The maximum Gasteiger partial charge on any atom is 0.404 e. The molecule has 0 spiro atoms. The molecule has 11 heteroatoms. The van der Waals surface area contributed by atoms with Crippen molar-refractivity contribution in [1.29, 1.82) is 5.26 Å². The number of benzene rings is 1. The molecule has 0 unspecified atom stereocenters. The van der Waals surface area contributed by atoms with Gasteiger partial charge in [-0.05, 0) is 62.4 Å². The van der Waals surface area contributed by atoms with Crippen LogP contribution in [0.5, 0.6) is 5.75 Å².